The highest BCUT2D eigenvalue weighted by Crippen LogP contribution is 2.39. The van der Waals surface area contributed by atoms with E-state index in [1.165, 1.54) is 0 Å². The van der Waals surface area contributed by atoms with Gasteiger partial charge in [0, 0.05) is 41.8 Å². The van der Waals surface area contributed by atoms with Crippen LogP contribution in [-0.2, 0) is 0 Å². The molecule has 1 saturated heterocycles. The van der Waals surface area contributed by atoms with Crippen LogP contribution in [0.1, 0.15) is 34.8 Å². The fourth-order valence-corrected chi connectivity index (χ4v) is 3.88. The quantitative estimate of drug-likeness (QED) is 0.660. The molecule has 0 N–H and O–H groups in total. The summed E-state index contributed by atoms with van der Waals surface area (Å²) in [5.74, 6) is 1.56. The number of rotatable bonds is 5. The minimum absolute atomic E-state index is 0.0116. The van der Waals surface area contributed by atoms with Crippen LogP contribution < -0.4 is 9.47 Å². The van der Waals surface area contributed by atoms with Crippen LogP contribution in [0.15, 0.2) is 67.0 Å². The van der Waals surface area contributed by atoms with Crippen molar-refractivity contribution < 1.29 is 14.3 Å². The SMILES string of the molecule is COc1ccc([C@@H]2CCCN2C(=O)c2ccc(-n3cccc3)cc2)c(OC)c1. The van der Waals surface area contributed by atoms with Gasteiger partial charge in [0.25, 0.3) is 5.91 Å². The number of nitrogens with zero attached hydrogens (tertiary/aromatic N) is 2. The molecule has 0 bridgehead atoms. The van der Waals surface area contributed by atoms with E-state index in [2.05, 4.69) is 0 Å². The highest BCUT2D eigenvalue weighted by atomic mass is 16.5. The minimum atomic E-state index is 0.0116. The largest absolute Gasteiger partial charge is 0.497 e. The number of hydrogen-bond donors (Lipinski definition) is 0. The third-order valence-electron chi connectivity index (χ3n) is 5.33. The number of likely N-dealkylation sites (tertiary alicyclic amines) is 1. The van der Waals surface area contributed by atoms with E-state index in [1.54, 1.807) is 14.2 Å². The van der Waals surface area contributed by atoms with Crippen LogP contribution in [0.25, 0.3) is 5.69 Å². The highest BCUT2D eigenvalue weighted by Gasteiger charge is 2.32. The lowest BCUT2D eigenvalue weighted by atomic mass is 10.0. The third kappa shape index (κ3) is 3.36. The molecule has 0 unspecified atom stereocenters. The van der Waals surface area contributed by atoms with Gasteiger partial charge in [-0.25, -0.2) is 0 Å². The van der Waals surface area contributed by atoms with E-state index in [4.69, 9.17) is 9.47 Å². The first-order valence-corrected chi connectivity index (χ1v) is 9.47. The van der Waals surface area contributed by atoms with Crippen molar-refractivity contribution >= 4 is 5.91 Å². The summed E-state index contributed by atoms with van der Waals surface area (Å²) >= 11 is 0. The van der Waals surface area contributed by atoms with Crippen molar-refractivity contribution in [1.29, 1.82) is 0 Å². The molecule has 0 radical (unpaired) electrons. The molecular formula is C23H24N2O3. The van der Waals surface area contributed by atoms with Gasteiger partial charge in [-0.3, -0.25) is 4.79 Å². The van der Waals surface area contributed by atoms with Crippen molar-refractivity contribution in [3.63, 3.8) is 0 Å². The number of carbonyl (C=O) groups is 1. The lowest BCUT2D eigenvalue weighted by Gasteiger charge is -2.26. The van der Waals surface area contributed by atoms with E-state index in [9.17, 15) is 4.79 Å². The first kappa shape index (κ1) is 18.2. The zero-order valence-electron chi connectivity index (χ0n) is 16.2. The molecule has 0 spiro atoms. The molecule has 5 heteroatoms. The van der Waals surface area contributed by atoms with Crippen molar-refractivity contribution in [3.8, 4) is 17.2 Å². The van der Waals surface area contributed by atoms with Gasteiger partial charge in [-0.1, -0.05) is 0 Å². The summed E-state index contributed by atoms with van der Waals surface area (Å²) in [5.41, 5.74) is 2.77. The lowest BCUT2D eigenvalue weighted by Crippen LogP contribution is -2.30. The van der Waals surface area contributed by atoms with Gasteiger partial charge in [-0.05, 0) is 61.4 Å². The van der Waals surface area contributed by atoms with E-state index < -0.39 is 0 Å². The smallest absolute Gasteiger partial charge is 0.254 e. The molecule has 1 aliphatic heterocycles. The van der Waals surface area contributed by atoms with Gasteiger partial charge in [-0.2, -0.15) is 0 Å². The maximum absolute atomic E-state index is 13.2. The van der Waals surface area contributed by atoms with Crippen molar-refractivity contribution in [1.82, 2.24) is 9.47 Å². The Bertz CT molecular complexity index is 948. The number of hydrogen-bond acceptors (Lipinski definition) is 3. The summed E-state index contributed by atoms with van der Waals surface area (Å²) in [4.78, 5) is 15.2. The van der Waals surface area contributed by atoms with Crippen molar-refractivity contribution in [2.45, 2.75) is 18.9 Å². The monoisotopic (exact) mass is 376 g/mol. The Morgan fingerprint density at radius 1 is 1.00 bits per heavy atom. The van der Waals surface area contributed by atoms with Crippen LogP contribution in [0, 0.1) is 0 Å². The Kier molecular flexibility index (Phi) is 5.06. The summed E-state index contributed by atoms with van der Waals surface area (Å²) in [6.45, 7) is 0.748. The van der Waals surface area contributed by atoms with Crippen LogP contribution in [0.5, 0.6) is 11.5 Å². The number of aromatic nitrogens is 1. The van der Waals surface area contributed by atoms with Gasteiger partial charge >= 0.3 is 0 Å². The van der Waals surface area contributed by atoms with Crippen LogP contribution >= 0.6 is 0 Å². The number of benzene rings is 2. The first-order valence-electron chi connectivity index (χ1n) is 9.47. The molecule has 1 amide bonds. The molecule has 5 nitrogen and oxygen atoms in total. The maximum Gasteiger partial charge on any atom is 0.254 e. The predicted octanol–water partition coefficient (Wildman–Crippen LogP) is 4.47. The maximum atomic E-state index is 13.2. The average molecular weight is 376 g/mol. The fraction of sp³-hybridized carbons (Fsp3) is 0.261. The topological polar surface area (TPSA) is 43.7 Å². The zero-order valence-corrected chi connectivity index (χ0v) is 16.2. The molecule has 1 fully saturated rings. The fourth-order valence-electron chi connectivity index (χ4n) is 3.88. The Morgan fingerprint density at radius 3 is 2.43 bits per heavy atom. The molecule has 1 atom stereocenters. The summed E-state index contributed by atoms with van der Waals surface area (Å²) in [6, 6.07) is 17.5. The number of carbonyl (C=O) groups excluding carboxylic acids is 1. The lowest BCUT2D eigenvalue weighted by molar-refractivity contribution is 0.0734. The normalized spacial score (nSPS) is 16.2. The molecule has 0 aliphatic carbocycles. The molecular weight excluding hydrogens is 352 g/mol. The van der Waals surface area contributed by atoms with Gasteiger partial charge in [0.05, 0.1) is 20.3 Å². The summed E-state index contributed by atoms with van der Waals surface area (Å²) in [5, 5.41) is 0. The van der Waals surface area contributed by atoms with E-state index in [0.29, 0.717) is 5.56 Å². The van der Waals surface area contributed by atoms with Crippen molar-refractivity contribution in [2.75, 3.05) is 20.8 Å². The number of ether oxygens (including phenoxy) is 2. The second kappa shape index (κ2) is 7.80. The third-order valence-corrected chi connectivity index (χ3v) is 5.33. The molecule has 2 heterocycles. The number of amides is 1. The van der Waals surface area contributed by atoms with Crippen molar-refractivity contribution in [2.24, 2.45) is 0 Å². The molecule has 144 valence electrons. The number of methoxy groups -OCH3 is 2. The predicted molar refractivity (Wildman–Crippen MR) is 108 cm³/mol. The second-order valence-electron chi connectivity index (χ2n) is 6.90. The average Bonchev–Trinajstić information content (AvgIpc) is 3.45. The van der Waals surface area contributed by atoms with E-state index >= 15 is 0 Å². The molecule has 1 aromatic heterocycles. The summed E-state index contributed by atoms with van der Waals surface area (Å²) < 4.78 is 12.9. The molecule has 1 aliphatic rings. The Labute approximate surface area is 165 Å². The van der Waals surface area contributed by atoms with Crippen LogP contribution in [0.3, 0.4) is 0 Å². The van der Waals surface area contributed by atoms with E-state index in [0.717, 1.165) is 42.1 Å². The minimum Gasteiger partial charge on any atom is -0.497 e. The molecule has 28 heavy (non-hydrogen) atoms. The van der Waals surface area contributed by atoms with Crippen LogP contribution in [0.4, 0.5) is 0 Å². The Balaban J connectivity index is 1.59. The van der Waals surface area contributed by atoms with Gasteiger partial charge in [0.1, 0.15) is 11.5 Å². The zero-order chi connectivity index (χ0) is 19.5. The highest BCUT2D eigenvalue weighted by molar-refractivity contribution is 5.95. The second-order valence-corrected chi connectivity index (χ2v) is 6.90. The van der Waals surface area contributed by atoms with Crippen molar-refractivity contribution in [3.05, 3.63) is 78.1 Å². The molecule has 3 aromatic rings. The summed E-state index contributed by atoms with van der Waals surface area (Å²) in [6.07, 6.45) is 5.88. The van der Waals surface area contributed by atoms with Gasteiger partial charge in [0.2, 0.25) is 0 Å². The van der Waals surface area contributed by atoms with Gasteiger partial charge in [0.15, 0.2) is 0 Å². The first-order chi connectivity index (χ1) is 13.7. The molecule has 0 saturated carbocycles. The van der Waals surface area contributed by atoms with Crippen LogP contribution in [-0.4, -0.2) is 36.1 Å². The summed E-state index contributed by atoms with van der Waals surface area (Å²) in [7, 11) is 3.29. The van der Waals surface area contributed by atoms with Crippen LogP contribution in [0.2, 0.25) is 0 Å². The van der Waals surface area contributed by atoms with Gasteiger partial charge in [-0.15, -0.1) is 0 Å². The Morgan fingerprint density at radius 2 is 1.75 bits per heavy atom. The molecule has 2 aromatic carbocycles. The van der Waals surface area contributed by atoms with E-state index in [1.807, 2.05) is 76.5 Å². The van der Waals surface area contributed by atoms with Gasteiger partial charge < -0.3 is 18.9 Å². The standard InChI is InChI=1S/C23H24N2O3/c1-27-19-11-12-20(22(16-19)28-2)21-6-5-15-25(21)23(26)17-7-9-18(10-8-17)24-13-3-4-14-24/h3-4,7-14,16,21H,5-6,15H2,1-2H3/t21-/m0/s1. The Hall–Kier alpha value is -3.21. The van der Waals surface area contributed by atoms with E-state index in [-0.39, 0.29) is 11.9 Å². The molecule has 4 rings (SSSR count).